The number of aromatic amines is 1. The average Bonchev–Trinajstić information content (AvgIpc) is 3.65. The number of nitrogens with one attached hydrogen (secondary N) is 1. The van der Waals surface area contributed by atoms with Crippen molar-refractivity contribution in [2.24, 2.45) is 0 Å². The highest BCUT2D eigenvalue weighted by atomic mass is 35.5. The Labute approximate surface area is 263 Å². The first-order valence-corrected chi connectivity index (χ1v) is 16.4. The van der Waals surface area contributed by atoms with E-state index in [0.29, 0.717) is 52.4 Å². The zero-order valence-corrected chi connectivity index (χ0v) is 25.9. The lowest BCUT2D eigenvalue weighted by molar-refractivity contribution is 0.0485. The fraction of sp³-hybridized carbons (Fsp3) is 0.323. The SMILES string of the molecule is CN1CCc2nc(C(=O)N3CCN(S(=O)(=O)c4cc5cc(Cl)ccc5[nH]4)CC3CCOc3ccc4ccc(=O)oc4c3)oc2C1. The summed E-state index contributed by atoms with van der Waals surface area (Å²) >= 11 is 6.12. The van der Waals surface area contributed by atoms with E-state index in [1.165, 1.54) is 10.4 Å². The Morgan fingerprint density at radius 1 is 1.07 bits per heavy atom. The van der Waals surface area contributed by atoms with Crippen LogP contribution in [0.3, 0.4) is 0 Å². The Bertz CT molecular complexity index is 2090. The Kier molecular flexibility index (Phi) is 7.64. The lowest BCUT2D eigenvalue weighted by Gasteiger charge is -2.40. The molecule has 3 aromatic heterocycles. The van der Waals surface area contributed by atoms with Gasteiger partial charge >= 0.3 is 11.5 Å². The largest absolute Gasteiger partial charge is 0.493 e. The number of carbonyl (C=O) groups is 1. The van der Waals surface area contributed by atoms with Crippen LogP contribution < -0.4 is 10.4 Å². The van der Waals surface area contributed by atoms with Gasteiger partial charge in [0, 0.05) is 78.5 Å². The fourth-order valence-corrected chi connectivity index (χ4v) is 7.56. The summed E-state index contributed by atoms with van der Waals surface area (Å²) in [4.78, 5) is 36.7. The summed E-state index contributed by atoms with van der Waals surface area (Å²) in [5.74, 6) is 0.780. The Morgan fingerprint density at radius 2 is 1.91 bits per heavy atom. The number of rotatable bonds is 7. The predicted molar refractivity (Wildman–Crippen MR) is 166 cm³/mol. The third-order valence-corrected chi connectivity index (χ3v) is 10.3. The number of nitrogens with zero attached hydrogens (tertiary/aromatic N) is 4. The summed E-state index contributed by atoms with van der Waals surface area (Å²) in [7, 11) is -1.95. The second-order valence-electron chi connectivity index (χ2n) is 11.3. The first-order valence-electron chi connectivity index (χ1n) is 14.6. The summed E-state index contributed by atoms with van der Waals surface area (Å²) in [6.45, 7) is 1.84. The van der Waals surface area contributed by atoms with E-state index in [1.54, 1.807) is 53.4 Å². The molecule has 2 aliphatic rings. The van der Waals surface area contributed by atoms with Gasteiger partial charge in [0.1, 0.15) is 22.1 Å². The van der Waals surface area contributed by atoms with E-state index in [1.807, 2.05) is 7.05 Å². The molecule has 12 nitrogen and oxygen atoms in total. The quantitative estimate of drug-likeness (QED) is 0.259. The number of piperazine rings is 1. The highest BCUT2D eigenvalue weighted by Crippen LogP contribution is 2.28. The standard InChI is InChI=1S/C31H30ClN5O7S/c1-35-10-8-25-27(18-35)44-30(34-25)31(39)37-12-11-36(45(40,41)28-15-20-14-21(32)4-6-24(20)33-28)17-22(37)9-13-42-23-5-2-19-3-7-29(38)43-26(19)16-23/h2-7,14-16,22,33H,8-13,17-18H2,1H3. The van der Waals surface area contributed by atoms with E-state index in [2.05, 4.69) is 14.9 Å². The molecule has 234 valence electrons. The van der Waals surface area contributed by atoms with Gasteiger partial charge in [0.15, 0.2) is 0 Å². The van der Waals surface area contributed by atoms with Crippen molar-refractivity contribution in [2.75, 3.05) is 39.8 Å². The van der Waals surface area contributed by atoms with Gasteiger partial charge in [-0.3, -0.25) is 9.69 Å². The number of amides is 1. The maximum atomic E-state index is 13.8. The van der Waals surface area contributed by atoms with Crippen LogP contribution in [-0.2, 0) is 23.0 Å². The second kappa shape index (κ2) is 11.6. The van der Waals surface area contributed by atoms with Crippen molar-refractivity contribution in [1.29, 1.82) is 0 Å². The van der Waals surface area contributed by atoms with Gasteiger partial charge in [-0.15, -0.1) is 0 Å². The number of carbonyl (C=O) groups excluding carboxylic acids is 1. The van der Waals surface area contributed by atoms with Crippen molar-refractivity contribution in [3.8, 4) is 5.75 Å². The number of oxazole rings is 1. The number of halogens is 1. The van der Waals surface area contributed by atoms with Crippen LogP contribution >= 0.6 is 11.6 Å². The average molecular weight is 652 g/mol. The van der Waals surface area contributed by atoms with Crippen LogP contribution in [0.2, 0.25) is 5.02 Å². The molecule has 1 saturated heterocycles. The van der Waals surface area contributed by atoms with E-state index >= 15 is 0 Å². The molecule has 0 radical (unpaired) electrons. The van der Waals surface area contributed by atoms with E-state index in [4.69, 9.17) is 25.2 Å². The smallest absolute Gasteiger partial charge is 0.336 e. The third-order valence-electron chi connectivity index (χ3n) is 8.30. The van der Waals surface area contributed by atoms with E-state index in [0.717, 1.165) is 17.6 Å². The lowest BCUT2D eigenvalue weighted by atomic mass is 10.1. The zero-order chi connectivity index (χ0) is 31.3. The normalized spacial score (nSPS) is 18.0. The molecule has 2 aromatic carbocycles. The van der Waals surface area contributed by atoms with E-state index in [9.17, 15) is 18.0 Å². The number of benzene rings is 2. The summed E-state index contributed by atoms with van der Waals surface area (Å²) in [5.41, 5.74) is 1.36. The van der Waals surface area contributed by atoms with E-state index in [-0.39, 0.29) is 43.1 Å². The minimum Gasteiger partial charge on any atom is -0.493 e. The lowest BCUT2D eigenvalue weighted by Crippen LogP contribution is -2.56. The van der Waals surface area contributed by atoms with Crippen molar-refractivity contribution >= 4 is 49.4 Å². The van der Waals surface area contributed by atoms with Crippen LogP contribution in [0.4, 0.5) is 0 Å². The van der Waals surface area contributed by atoms with Crippen molar-refractivity contribution in [2.45, 2.75) is 30.5 Å². The minimum absolute atomic E-state index is 0.00887. The van der Waals surface area contributed by atoms with E-state index < -0.39 is 21.7 Å². The molecule has 0 spiro atoms. The topological polar surface area (TPSA) is 142 Å². The van der Waals surface area contributed by atoms with Gasteiger partial charge in [0.2, 0.25) is 0 Å². The zero-order valence-electron chi connectivity index (χ0n) is 24.4. The van der Waals surface area contributed by atoms with Crippen LogP contribution in [0.25, 0.3) is 21.9 Å². The molecule has 5 aromatic rings. The minimum atomic E-state index is -3.93. The molecular weight excluding hydrogens is 622 g/mol. The molecule has 0 saturated carbocycles. The molecule has 1 unspecified atom stereocenters. The molecule has 5 heterocycles. The Morgan fingerprint density at radius 3 is 2.78 bits per heavy atom. The van der Waals surface area contributed by atoms with Crippen molar-refractivity contribution in [3.63, 3.8) is 0 Å². The number of H-pyrrole nitrogens is 1. The monoisotopic (exact) mass is 651 g/mol. The summed E-state index contributed by atoms with van der Waals surface area (Å²) in [6.07, 6.45) is 1.01. The Balaban J connectivity index is 1.13. The summed E-state index contributed by atoms with van der Waals surface area (Å²) in [5, 5.41) is 2.00. The van der Waals surface area contributed by atoms with Crippen molar-refractivity contribution < 1.29 is 26.8 Å². The molecule has 0 bridgehead atoms. The molecule has 1 N–H and O–H groups in total. The van der Waals surface area contributed by atoms with Crippen LogP contribution in [0, 0.1) is 0 Å². The van der Waals surface area contributed by atoms with Gasteiger partial charge in [0.05, 0.1) is 18.8 Å². The first-order chi connectivity index (χ1) is 21.6. The van der Waals surface area contributed by atoms with Crippen LogP contribution in [-0.4, -0.2) is 84.3 Å². The molecule has 2 aliphatic heterocycles. The summed E-state index contributed by atoms with van der Waals surface area (Å²) in [6, 6.07) is 14.4. The van der Waals surface area contributed by atoms with Gasteiger partial charge in [-0.05, 0) is 49.5 Å². The number of hydrogen-bond donors (Lipinski definition) is 1. The van der Waals surface area contributed by atoms with Gasteiger partial charge in [-0.1, -0.05) is 11.6 Å². The molecule has 14 heteroatoms. The number of fused-ring (bicyclic) bond motifs is 3. The van der Waals surface area contributed by atoms with Gasteiger partial charge in [-0.25, -0.2) is 18.2 Å². The van der Waals surface area contributed by atoms with Crippen LogP contribution in [0.5, 0.6) is 5.75 Å². The number of hydrogen-bond acceptors (Lipinski definition) is 9. The van der Waals surface area contributed by atoms with Gasteiger partial charge in [-0.2, -0.15) is 4.31 Å². The van der Waals surface area contributed by atoms with Crippen molar-refractivity contribution in [3.05, 3.63) is 87.4 Å². The fourth-order valence-electron chi connectivity index (χ4n) is 5.90. The number of likely N-dealkylation sites (N-methyl/N-ethyl adjacent to an activating group) is 1. The number of sulfonamides is 1. The maximum absolute atomic E-state index is 13.8. The first kappa shape index (κ1) is 29.5. The molecular formula is C31H30ClN5O7S. The molecule has 1 amide bonds. The molecule has 7 rings (SSSR count). The molecule has 45 heavy (non-hydrogen) atoms. The summed E-state index contributed by atoms with van der Waals surface area (Å²) < 4.78 is 46.2. The number of aromatic nitrogens is 2. The van der Waals surface area contributed by atoms with Crippen LogP contribution in [0.1, 0.15) is 28.6 Å². The van der Waals surface area contributed by atoms with Crippen molar-refractivity contribution in [1.82, 2.24) is 24.1 Å². The number of ether oxygens (including phenoxy) is 1. The van der Waals surface area contributed by atoms with Crippen LogP contribution in [0.15, 0.2) is 73.3 Å². The highest BCUT2D eigenvalue weighted by Gasteiger charge is 2.39. The molecule has 1 atom stereocenters. The second-order valence-corrected chi connectivity index (χ2v) is 13.7. The Hall–Kier alpha value is -4.17. The third kappa shape index (κ3) is 5.84. The molecule has 0 aliphatic carbocycles. The maximum Gasteiger partial charge on any atom is 0.336 e. The predicted octanol–water partition coefficient (Wildman–Crippen LogP) is 3.89. The van der Waals surface area contributed by atoms with Gasteiger partial charge < -0.3 is 23.5 Å². The highest BCUT2D eigenvalue weighted by molar-refractivity contribution is 7.89. The molecule has 1 fully saturated rings. The van der Waals surface area contributed by atoms with Gasteiger partial charge in [0.25, 0.3) is 15.9 Å².